The molecule has 0 heterocycles. The Labute approximate surface area is 103 Å². The molecule has 1 nitrogen and oxygen atoms in total. The van der Waals surface area contributed by atoms with Gasteiger partial charge in [-0.3, -0.25) is 0 Å². The van der Waals surface area contributed by atoms with Gasteiger partial charge < -0.3 is 5.11 Å². The second-order valence-electron chi connectivity index (χ2n) is 5.06. The van der Waals surface area contributed by atoms with E-state index < -0.39 is 0 Å². The fourth-order valence-electron chi connectivity index (χ4n) is 2.19. The van der Waals surface area contributed by atoms with Crippen LogP contribution in [0.15, 0.2) is 42.5 Å². The number of hydrogen-bond acceptors (Lipinski definition) is 1. The molecular weight excluding hydrogens is 208 g/mol. The summed E-state index contributed by atoms with van der Waals surface area (Å²) in [5.74, 6) is 0.639. The van der Waals surface area contributed by atoms with Crippen LogP contribution in [-0.2, 0) is 0 Å². The van der Waals surface area contributed by atoms with Crippen LogP contribution < -0.4 is 0 Å². The van der Waals surface area contributed by atoms with Gasteiger partial charge in [0.2, 0.25) is 0 Å². The van der Waals surface area contributed by atoms with Crippen molar-refractivity contribution in [3.05, 3.63) is 48.0 Å². The van der Waals surface area contributed by atoms with Crippen LogP contribution in [0.3, 0.4) is 0 Å². The van der Waals surface area contributed by atoms with Crippen molar-refractivity contribution >= 4 is 10.8 Å². The highest BCUT2D eigenvalue weighted by Crippen LogP contribution is 2.27. The molecule has 0 aromatic heterocycles. The summed E-state index contributed by atoms with van der Waals surface area (Å²) in [6.45, 7) is 4.38. The number of aliphatic hydroxyl groups is 1. The average Bonchev–Trinajstić information content (AvgIpc) is 2.35. The second-order valence-corrected chi connectivity index (χ2v) is 5.06. The normalized spacial score (nSPS) is 13.2. The summed E-state index contributed by atoms with van der Waals surface area (Å²) in [6, 6.07) is 14.4. The van der Waals surface area contributed by atoms with Crippen molar-refractivity contribution in [3.63, 3.8) is 0 Å². The zero-order chi connectivity index (χ0) is 12.3. The third-order valence-corrected chi connectivity index (χ3v) is 3.20. The molecule has 2 rings (SSSR count). The van der Waals surface area contributed by atoms with Gasteiger partial charge in [-0.15, -0.1) is 0 Å². The van der Waals surface area contributed by atoms with Crippen molar-refractivity contribution in [1.29, 1.82) is 0 Å². The summed E-state index contributed by atoms with van der Waals surface area (Å²) in [6.07, 6.45) is 1.55. The summed E-state index contributed by atoms with van der Waals surface area (Å²) in [7, 11) is 0. The minimum absolute atomic E-state index is 0.344. The van der Waals surface area contributed by atoms with Gasteiger partial charge in [-0.1, -0.05) is 56.3 Å². The van der Waals surface area contributed by atoms with Gasteiger partial charge in [0.05, 0.1) is 6.10 Å². The van der Waals surface area contributed by atoms with E-state index in [1.807, 2.05) is 24.3 Å². The lowest BCUT2D eigenvalue weighted by Crippen LogP contribution is -2.00. The Kier molecular flexibility index (Phi) is 3.80. The molecule has 90 valence electrons. The maximum absolute atomic E-state index is 10.3. The number of hydrogen-bond donors (Lipinski definition) is 1. The first-order valence-corrected chi connectivity index (χ1v) is 6.34. The molecule has 0 aliphatic heterocycles. The zero-order valence-corrected chi connectivity index (χ0v) is 10.6. The minimum atomic E-state index is -0.344. The van der Waals surface area contributed by atoms with Crippen molar-refractivity contribution in [2.45, 2.75) is 32.8 Å². The second kappa shape index (κ2) is 5.33. The fourth-order valence-corrected chi connectivity index (χ4v) is 2.19. The highest BCUT2D eigenvalue weighted by molar-refractivity contribution is 5.85. The van der Waals surface area contributed by atoms with Crippen molar-refractivity contribution in [2.24, 2.45) is 5.92 Å². The molecule has 1 unspecified atom stereocenters. The molecule has 1 heteroatoms. The molecule has 0 amide bonds. The van der Waals surface area contributed by atoms with Gasteiger partial charge >= 0.3 is 0 Å². The maximum atomic E-state index is 10.3. The zero-order valence-electron chi connectivity index (χ0n) is 10.6. The summed E-state index contributed by atoms with van der Waals surface area (Å²) in [5, 5.41) is 12.6. The molecule has 0 bridgehead atoms. The lowest BCUT2D eigenvalue weighted by Gasteiger charge is -2.14. The van der Waals surface area contributed by atoms with E-state index in [1.165, 1.54) is 10.8 Å². The van der Waals surface area contributed by atoms with Crippen LogP contribution in [-0.4, -0.2) is 5.11 Å². The van der Waals surface area contributed by atoms with Crippen LogP contribution in [0.4, 0.5) is 0 Å². The van der Waals surface area contributed by atoms with Crippen LogP contribution in [0.5, 0.6) is 0 Å². The van der Waals surface area contributed by atoms with Crippen LogP contribution in [0.2, 0.25) is 0 Å². The molecule has 0 saturated heterocycles. The largest absolute Gasteiger partial charge is 0.388 e. The number of benzene rings is 2. The van der Waals surface area contributed by atoms with E-state index >= 15 is 0 Å². The Morgan fingerprint density at radius 1 is 0.941 bits per heavy atom. The lowest BCUT2D eigenvalue weighted by molar-refractivity contribution is 0.160. The highest BCUT2D eigenvalue weighted by atomic mass is 16.3. The Balaban J connectivity index is 2.28. The van der Waals surface area contributed by atoms with Gasteiger partial charge in [0.1, 0.15) is 0 Å². The lowest BCUT2D eigenvalue weighted by atomic mass is 9.95. The smallest absolute Gasteiger partial charge is 0.0796 e. The summed E-state index contributed by atoms with van der Waals surface area (Å²) < 4.78 is 0. The molecule has 0 fully saturated rings. The average molecular weight is 228 g/mol. The van der Waals surface area contributed by atoms with E-state index in [0.29, 0.717) is 5.92 Å². The van der Waals surface area contributed by atoms with Gasteiger partial charge in [0.25, 0.3) is 0 Å². The monoisotopic (exact) mass is 228 g/mol. The molecule has 0 saturated carbocycles. The first-order valence-electron chi connectivity index (χ1n) is 6.34. The minimum Gasteiger partial charge on any atom is -0.388 e. The molecule has 0 radical (unpaired) electrons. The molecule has 1 N–H and O–H groups in total. The molecule has 0 aliphatic carbocycles. The first kappa shape index (κ1) is 12.1. The maximum Gasteiger partial charge on any atom is 0.0796 e. The molecular formula is C16H20O. The quantitative estimate of drug-likeness (QED) is 0.826. The first-order chi connectivity index (χ1) is 8.18. The van der Waals surface area contributed by atoms with E-state index in [-0.39, 0.29) is 6.10 Å². The van der Waals surface area contributed by atoms with Crippen LogP contribution in [0.25, 0.3) is 10.8 Å². The number of rotatable bonds is 4. The standard InChI is InChI=1S/C16H20O/c1-12(2)10-11-16(17)15-9-5-7-13-6-3-4-8-14(13)15/h3-9,12,16-17H,10-11H2,1-2H3. The van der Waals surface area contributed by atoms with E-state index in [4.69, 9.17) is 0 Å². The van der Waals surface area contributed by atoms with Crippen LogP contribution in [0.1, 0.15) is 38.4 Å². The van der Waals surface area contributed by atoms with E-state index in [1.54, 1.807) is 0 Å². The molecule has 2 aromatic rings. The van der Waals surface area contributed by atoms with Gasteiger partial charge in [0, 0.05) is 0 Å². The van der Waals surface area contributed by atoms with Crippen molar-refractivity contribution in [1.82, 2.24) is 0 Å². The molecule has 0 spiro atoms. The topological polar surface area (TPSA) is 20.2 Å². The van der Waals surface area contributed by atoms with Gasteiger partial charge in [-0.25, -0.2) is 0 Å². The molecule has 17 heavy (non-hydrogen) atoms. The fraction of sp³-hybridized carbons (Fsp3) is 0.375. The summed E-state index contributed by atoms with van der Waals surface area (Å²) >= 11 is 0. The van der Waals surface area contributed by atoms with Gasteiger partial charge in [0.15, 0.2) is 0 Å². The molecule has 2 aromatic carbocycles. The summed E-state index contributed by atoms with van der Waals surface area (Å²) in [5.41, 5.74) is 1.06. The van der Waals surface area contributed by atoms with Crippen molar-refractivity contribution in [3.8, 4) is 0 Å². The predicted molar refractivity (Wildman–Crippen MR) is 73.0 cm³/mol. The van der Waals surface area contributed by atoms with Gasteiger partial charge in [-0.2, -0.15) is 0 Å². The Morgan fingerprint density at radius 2 is 1.65 bits per heavy atom. The summed E-state index contributed by atoms with van der Waals surface area (Å²) in [4.78, 5) is 0. The van der Waals surface area contributed by atoms with Crippen LogP contribution >= 0.6 is 0 Å². The van der Waals surface area contributed by atoms with E-state index in [0.717, 1.165) is 18.4 Å². The van der Waals surface area contributed by atoms with Gasteiger partial charge in [-0.05, 0) is 35.1 Å². The number of aliphatic hydroxyl groups excluding tert-OH is 1. The molecule has 0 aliphatic rings. The van der Waals surface area contributed by atoms with E-state index in [2.05, 4.69) is 32.0 Å². The SMILES string of the molecule is CC(C)CCC(O)c1cccc2ccccc12. The highest BCUT2D eigenvalue weighted by Gasteiger charge is 2.11. The Hall–Kier alpha value is -1.34. The van der Waals surface area contributed by atoms with Crippen molar-refractivity contribution in [2.75, 3.05) is 0 Å². The van der Waals surface area contributed by atoms with Crippen LogP contribution in [0, 0.1) is 5.92 Å². The Morgan fingerprint density at radius 3 is 2.41 bits per heavy atom. The predicted octanol–water partition coefficient (Wildman–Crippen LogP) is 4.31. The van der Waals surface area contributed by atoms with Crippen molar-refractivity contribution < 1.29 is 5.11 Å². The molecule has 1 atom stereocenters. The Bertz CT molecular complexity index is 482. The third kappa shape index (κ3) is 2.86. The van der Waals surface area contributed by atoms with E-state index in [9.17, 15) is 5.11 Å². The third-order valence-electron chi connectivity index (χ3n) is 3.20. The number of fused-ring (bicyclic) bond motifs is 1.